The lowest BCUT2D eigenvalue weighted by molar-refractivity contribution is -0.167. The highest BCUT2D eigenvalue weighted by molar-refractivity contribution is 8.14. The highest BCUT2D eigenvalue weighted by Gasteiger charge is 2.49. The van der Waals surface area contributed by atoms with Crippen molar-refractivity contribution in [2.45, 2.75) is 75.1 Å². The van der Waals surface area contributed by atoms with Crippen LogP contribution in [-0.2, 0) is 28.5 Å². The first-order valence-corrected chi connectivity index (χ1v) is 14.9. The Bertz CT molecular complexity index is 928. The van der Waals surface area contributed by atoms with Gasteiger partial charge in [0.1, 0.15) is 42.4 Å². The normalized spacial score (nSPS) is 38.4. The first kappa shape index (κ1) is 32.8. The average Bonchev–Trinajstić information content (AvgIpc) is 3.53. The summed E-state index contributed by atoms with van der Waals surface area (Å²) in [5, 5.41) is 44.9. The maximum absolute atomic E-state index is 11.0. The Morgan fingerprint density at radius 1 is 0.850 bits per heavy atom. The third-order valence-corrected chi connectivity index (χ3v) is 9.17. The van der Waals surface area contributed by atoms with E-state index in [1.165, 1.54) is 37.4 Å². The number of rotatable bonds is 8. The number of carbonyl (C=O) groups is 2. The van der Waals surface area contributed by atoms with Gasteiger partial charge >= 0.3 is 11.9 Å². The number of aliphatic imine (C=N–C) groups is 2. The van der Waals surface area contributed by atoms with Gasteiger partial charge in [-0.3, -0.25) is 19.6 Å². The van der Waals surface area contributed by atoms with Gasteiger partial charge in [-0.25, -0.2) is 0 Å². The lowest BCUT2D eigenvalue weighted by Gasteiger charge is -2.40. The summed E-state index contributed by atoms with van der Waals surface area (Å²) in [7, 11) is 0. The largest absolute Gasteiger partial charge is 0.464 e. The van der Waals surface area contributed by atoms with Crippen LogP contribution in [0.15, 0.2) is 9.98 Å². The zero-order chi connectivity index (χ0) is 29.4. The van der Waals surface area contributed by atoms with E-state index in [4.69, 9.17) is 29.2 Å². The monoisotopic (exact) mass is 608 g/mol. The Morgan fingerprint density at radius 3 is 2.02 bits per heavy atom. The third-order valence-electron chi connectivity index (χ3n) is 6.96. The minimum atomic E-state index is -1.12. The lowest BCUT2D eigenvalue weighted by atomic mass is 9.83. The van der Waals surface area contributed by atoms with Crippen LogP contribution in [0.5, 0.6) is 0 Å². The molecule has 0 aromatic heterocycles. The first-order valence-electron chi connectivity index (χ1n) is 13.2. The molecule has 0 radical (unpaired) electrons. The van der Waals surface area contributed by atoms with Crippen molar-refractivity contribution < 1.29 is 49.0 Å². The quantitative estimate of drug-likeness (QED) is 0.139. The average molecular weight is 609 g/mol. The van der Waals surface area contributed by atoms with Crippen LogP contribution in [0.2, 0.25) is 0 Å². The minimum Gasteiger partial charge on any atom is -0.464 e. The topological polar surface area (TPSA) is 201 Å². The van der Waals surface area contributed by atoms with Crippen LogP contribution >= 0.6 is 23.5 Å². The van der Waals surface area contributed by atoms with E-state index >= 15 is 0 Å². The van der Waals surface area contributed by atoms with Crippen LogP contribution in [0.3, 0.4) is 0 Å². The summed E-state index contributed by atoms with van der Waals surface area (Å²) in [6, 6.07) is -0.272. The molecule has 228 valence electrons. The Morgan fingerprint density at radius 2 is 1.43 bits per heavy atom. The van der Waals surface area contributed by atoms with Crippen molar-refractivity contribution in [1.82, 2.24) is 10.6 Å². The number of amidine groups is 2. The van der Waals surface area contributed by atoms with Crippen molar-refractivity contribution >= 4 is 45.8 Å². The molecule has 0 aliphatic carbocycles. The van der Waals surface area contributed by atoms with Gasteiger partial charge in [-0.1, -0.05) is 37.4 Å². The molecule has 4 fully saturated rings. The second kappa shape index (κ2) is 15.5. The number of nitrogens with zero attached hydrogens (tertiary/aromatic N) is 2. The molecule has 0 saturated carbocycles. The summed E-state index contributed by atoms with van der Waals surface area (Å²) in [5.41, 5.74) is -0.433. The van der Waals surface area contributed by atoms with E-state index in [0.29, 0.717) is 17.6 Å². The van der Waals surface area contributed by atoms with Gasteiger partial charge in [0.2, 0.25) is 0 Å². The van der Waals surface area contributed by atoms with Gasteiger partial charge in [0.15, 0.2) is 10.3 Å². The third kappa shape index (κ3) is 8.67. The SMILES string of the molecule is CC(=O)OCCN=C1N[C@@H]2[C@@H](C)[C@H](C)[C@@H](COC(C)=O)O[C@@H]2S1.OCCN=C1N[C@@H]2[C@@H](O)[C@H](O)[C@@H](CO)O[C@@H]2S1. The van der Waals surface area contributed by atoms with E-state index in [-0.39, 0.29) is 73.8 Å². The van der Waals surface area contributed by atoms with Crippen LogP contribution in [0.4, 0.5) is 0 Å². The van der Waals surface area contributed by atoms with Gasteiger partial charge in [-0.2, -0.15) is 0 Å². The standard InChI is InChI=1S/C15H24N2O5S.C9H16N2O5S/c1-8-9(2)13-14(22-12(8)7-21-11(4)19)23-15(17-13)16-5-6-20-10(3)18;12-2-1-10-9-11-5-7(15)6(14)4(3-13)16-8(5)17-9/h8-9,12-14H,5-7H2,1-4H3,(H,16,17);4-8,12-15H,1-3H2,(H,10,11)/t8-,9-,12+,13+,14+;4-,5-,6-,7-,8-/m01/s1. The summed E-state index contributed by atoms with van der Waals surface area (Å²) >= 11 is 2.82. The first-order chi connectivity index (χ1) is 19.0. The minimum absolute atomic E-state index is 0.0470. The summed E-state index contributed by atoms with van der Waals surface area (Å²) in [6.45, 7) is 7.92. The Kier molecular flexibility index (Phi) is 12.8. The predicted octanol–water partition coefficient (Wildman–Crippen LogP) is -1.35. The fraction of sp³-hybridized carbons (Fsp3) is 0.833. The van der Waals surface area contributed by atoms with E-state index in [0.717, 1.165) is 5.17 Å². The maximum atomic E-state index is 11.0. The van der Waals surface area contributed by atoms with Gasteiger partial charge in [0.25, 0.3) is 0 Å². The van der Waals surface area contributed by atoms with Crippen LogP contribution in [-0.4, -0.2) is 130 Å². The summed E-state index contributed by atoms with van der Waals surface area (Å²) in [6.07, 6.45) is -3.02. The molecule has 0 amide bonds. The van der Waals surface area contributed by atoms with E-state index in [2.05, 4.69) is 34.5 Å². The van der Waals surface area contributed by atoms with Crippen LogP contribution in [0.1, 0.15) is 27.7 Å². The molecular formula is C24H40N4O10S2. The highest BCUT2D eigenvalue weighted by Crippen LogP contribution is 2.39. The van der Waals surface area contributed by atoms with Crippen molar-refractivity contribution in [3.05, 3.63) is 0 Å². The van der Waals surface area contributed by atoms with E-state index < -0.39 is 24.4 Å². The van der Waals surface area contributed by atoms with Crippen LogP contribution in [0, 0.1) is 11.8 Å². The summed E-state index contributed by atoms with van der Waals surface area (Å²) in [4.78, 5) is 30.2. The fourth-order valence-corrected chi connectivity index (χ4v) is 6.96. The number of aliphatic hydroxyl groups is 4. The second-order valence-electron chi connectivity index (χ2n) is 9.78. The number of ether oxygens (including phenoxy) is 4. The molecule has 0 bridgehead atoms. The van der Waals surface area contributed by atoms with Crippen molar-refractivity contribution in [2.75, 3.05) is 39.5 Å². The molecule has 14 nitrogen and oxygen atoms in total. The molecule has 16 heteroatoms. The smallest absolute Gasteiger partial charge is 0.302 e. The molecule has 10 atom stereocenters. The maximum Gasteiger partial charge on any atom is 0.302 e. The molecule has 0 unspecified atom stereocenters. The van der Waals surface area contributed by atoms with Crippen molar-refractivity contribution in [1.29, 1.82) is 0 Å². The number of esters is 2. The van der Waals surface area contributed by atoms with Crippen molar-refractivity contribution in [3.63, 3.8) is 0 Å². The molecule has 4 aliphatic heterocycles. The van der Waals surface area contributed by atoms with Crippen molar-refractivity contribution in [2.24, 2.45) is 21.8 Å². The number of hydrogen-bond donors (Lipinski definition) is 6. The van der Waals surface area contributed by atoms with Gasteiger partial charge in [-0.15, -0.1) is 0 Å². The molecule has 4 aliphatic rings. The molecular weight excluding hydrogens is 568 g/mol. The van der Waals surface area contributed by atoms with Gasteiger partial charge in [0.05, 0.1) is 44.5 Å². The molecule has 0 aromatic carbocycles. The second-order valence-corrected chi connectivity index (χ2v) is 12.0. The number of hydrogen-bond acceptors (Lipinski definition) is 14. The van der Waals surface area contributed by atoms with Gasteiger partial charge in [-0.05, 0) is 11.8 Å². The Labute approximate surface area is 241 Å². The van der Waals surface area contributed by atoms with E-state index in [1.807, 2.05) is 0 Å². The number of nitrogens with one attached hydrogen (secondary N) is 2. The number of thioether (sulfide) groups is 2. The van der Waals surface area contributed by atoms with Crippen LogP contribution < -0.4 is 10.6 Å². The zero-order valence-corrected chi connectivity index (χ0v) is 24.6. The number of fused-ring (bicyclic) bond motifs is 2. The molecule has 0 aromatic rings. The molecule has 6 N–H and O–H groups in total. The molecule has 4 heterocycles. The Hall–Kier alpha value is -1.66. The molecule has 40 heavy (non-hydrogen) atoms. The number of carbonyl (C=O) groups excluding carboxylic acids is 2. The lowest BCUT2D eigenvalue weighted by Crippen LogP contribution is -2.59. The zero-order valence-electron chi connectivity index (χ0n) is 23.0. The van der Waals surface area contributed by atoms with Gasteiger partial charge in [0, 0.05) is 13.8 Å². The molecule has 4 rings (SSSR count). The summed E-state index contributed by atoms with van der Waals surface area (Å²) < 4.78 is 21.5. The van der Waals surface area contributed by atoms with E-state index in [9.17, 15) is 19.8 Å². The summed E-state index contributed by atoms with van der Waals surface area (Å²) in [5.74, 6) is 0.0394. The predicted molar refractivity (Wildman–Crippen MR) is 149 cm³/mol. The van der Waals surface area contributed by atoms with Crippen molar-refractivity contribution in [3.8, 4) is 0 Å². The van der Waals surface area contributed by atoms with Crippen LogP contribution in [0.25, 0.3) is 0 Å². The molecule has 0 spiro atoms. The Balaban J connectivity index is 0.000000230. The fourth-order valence-electron chi connectivity index (χ4n) is 4.55. The van der Waals surface area contributed by atoms with Gasteiger partial charge < -0.3 is 50.0 Å². The van der Waals surface area contributed by atoms with E-state index in [1.54, 1.807) is 0 Å². The molecule has 4 saturated heterocycles. The number of aliphatic hydroxyl groups excluding tert-OH is 4. The highest BCUT2D eigenvalue weighted by atomic mass is 32.2.